The third kappa shape index (κ3) is 3.65. The molecule has 0 aromatic heterocycles. The monoisotopic (exact) mass is 302 g/mol. The molecule has 114 valence electrons. The zero-order valence-corrected chi connectivity index (χ0v) is 12.7. The number of benzene rings is 3. The highest BCUT2D eigenvalue weighted by molar-refractivity contribution is 6.04. The Morgan fingerprint density at radius 3 is 2.26 bits per heavy atom. The van der Waals surface area contributed by atoms with Gasteiger partial charge in [-0.15, -0.1) is 0 Å². The van der Waals surface area contributed by atoms with Gasteiger partial charge < -0.3 is 11.1 Å². The summed E-state index contributed by atoms with van der Waals surface area (Å²) in [7, 11) is 0. The van der Waals surface area contributed by atoms with E-state index < -0.39 is 0 Å². The first kappa shape index (κ1) is 15.0. The summed E-state index contributed by atoms with van der Waals surface area (Å²) in [5.41, 5.74) is 10.4. The van der Waals surface area contributed by atoms with E-state index in [4.69, 9.17) is 5.73 Å². The first-order chi connectivity index (χ1) is 11.3. The summed E-state index contributed by atoms with van der Waals surface area (Å²) >= 11 is 0. The van der Waals surface area contributed by atoms with Crippen molar-refractivity contribution in [2.75, 3.05) is 5.32 Å². The molecule has 3 N–H and O–H groups in total. The highest BCUT2D eigenvalue weighted by atomic mass is 16.1. The molecule has 0 heterocycles. The van der Waals surface area contributed by atoms with Crippen LogP contribution < -0.4 is 11.1 Å². The van der Waals surface area contributed by atoms with Gasteiger partial charge in [0.05, 0.1) is 0 Å². The molecule has 0 unspecified atom stereocenters. The van der Waals surface area contributed by atoms with Crippen molar-refractivity contribution in [1.82, 2.24) is 0 Å². The Hall–Kier alpha value is -2.91. The maximum atomic E-state index is 12.2. The van der Waals surface area contributed by atoms with Gasteiger partial charge in [-0.25, -0.2) is 0 Å². The van der Waals surface area contributed by atoms with E-state index in [2.05, 4.69) is 11.4 Å². The topological polar surface area (TPSA) is 55.1 Å². The van der Waals surface area contributed by atoms with E-state index in [1.807, 2.05) is 72.8 Å². The van der Waals surface area contributed by atoms with Crippen LogP contribution in [0.4, 0.5) is 5.69 Å². The number of para-hydroxylation sites is 1. The number of carbonyl (C=O) groups is 1. The van der Waals surface area contributed by atoms with Crippen molar-refractivity contribution in [2.24, 2.45) is 5.73 Å². The van der Waals surface area contributed by atoms with Crippen LogP contribution in [0.5, 0.6) is 0 Å². The van der Waals surface area contributed by atoms with Crippen molar-refractivity contribution in [3.8, 4) is 11.1 Å². The van der Waals surface area contributed by atoms with Crippen LogP contribution in [0.15, 0.2) is 78.9 Å². The lowest BCUT2D eigenvalue weighted by Crippen LogP contribution is -2.11. The predicted octanol–water partition coefficient (Wildman–Crippen LogP) is 4.06. The highest BCUT2D eigenvalue weighted by Gasteiger charge is 2.06. The molecule has 3 aromatic carbocycles. The molecule has 0 spiro atoms. The molecule has 0 saturated heterocycles. The number of hydrogen-bond acceptors (Lipinski definition) is 2. The van der Waals surface area contributed by atoms with Crippen molar-refractivity contribution in [3.05, 3.63) is 90.0 Å². The molecule has 0 aliphatic heterocycles. The van der Waals surface area contributed by atoms with E-state index in [0.29, 0.717) is 12.1 Å². The molecule has 3 aromatic rings. The SMILES string of the molecule is NCc1cccc(-c2ccc(C(=O)Nc3ccccc3)cc2)c1. The molecule has 3 nitrogen and oxygen atoms in total. The van der Waals surface area contributed by atoms with E-state index in [9.17, 15) is 4.79 Å². The second-order valence-corrected chi connectivity index (χ2v) is 5.30. The smallest absolute Gasteiger partial charge is 0.255 e. The van der Waals surface area contributed by atoms with Crippen molar-refractivity contribution in [3.63, 3.8) is 0 Å². The van der Waals surface area contributed by atoms with Crippen molar-refractivity contribution in [1.29, 1.82) is 0 Å². The van der Waals surface area contributed by atoms with E-state index in [1.165, 1.54) is 0 Å². The Bertz CT molecular complexity index is 795. The Morgan fingerprint density at radius 1 is 0.826 bits per heavy atom. The molecule has 0 bridgehead atoms. The molecule has 0 saturated carbocycles. The van der Waals surface area contributed by atoms with Crippen LogP contribution in [0.2, 0.25) is 0 Å². The lowest BCUT2D eigenvalue weighted by molar-refractivity contribution is 0.102. The molecule has 1 amide bonds. The molecule has 0 aliphatic rings. The van der Waals surface area contributed by atoms with Gasteiger partial charge in [-0.1, -0.05) is 48.5 Å². The number of anilines is 1. The maximum absolute atomic E-state index is 12.2. The van der Waals surface area contributed by atoms with Gasteiger partial charge in [0, 0.05) is 17.8 Å². The zero-order chi connectivity index (χ0) is 16.1. The summed E-state index contributed by atoms with van der Waals surface area (Å²) in [4.78, 5) is 12.2. The molecule has 0 fully saturated rings. The first-order valence-corrected chi connectivity index (χ1v) is 7.52. The summed E-state index contributed by atoms with van der Waals surface area (Å²) in [6, 6.07) is 25.1. The van der Waals surface area contributed by atoms with Gasteiger partial charge in [0.25, 0.3) is 5.91 Å². The number of nitrogens with two attached hydrogens (primary N) is 1. The van der Waals surface area contributed by atoms with Crippen LogP contribution in [0, 0.1) is 0 Å². The average Bonchev–Trinajstić information content (AvgIpc) is 2.63. The van der Waals surface area contributed by atoms with Gasteiger partial charge in [0.15, 0.2) is 0 Å². The van der Waals surface area contributed by atoms with Crippen LogP contribution in [0.3, 0.4) is 0 Å². The fourth-order valence-corrected chi connectivity index (χ4v) is 2.42. The molecule has 3 heteroatoms. The standard InChI is InChI=1S/C20H18N2O/c21-14-15-5-4-6-18(13-15)16-9-11-17(12-10-16)20(23)22-19-7-2-1-3-8-19/h1-13H,14,21H2,(H,22,23). The minimum atomic E-state index is -0.113. The summed E-state index contributed by atoms with van der Waals surface area (Å²) in [6.45, 7) is 0.519. The Kier molecular flexibility index (Phi) is 4.50. The summed E-state index contributed by atoms with van der Waals surface area (Å²) < 4.78 is 0. The molecule has 0 radical (unpaired) electrons. The minimum absolute atomic E-state index is 0.113. The van der Waals surface area contributed by atoms with Crippen LogP contribution >= 0.6 is 0 Å². The van der Waals surface area contributed by atoms with Crippen LogP contribution in [0.1, 0.15) is 15.9 Å². The molecule has 0 aliphatic carbocycles. The molecule has 0 atom stereocenters. The number of carbonyl (C=O) groups excluding carboxylic acids is 1. The quantitative estimate of drug-likeness (QED) is 0.763. The number of amides is 1. The zero-order valence-electron chi connectivity index (χ0n) is 12.7. The Morgan fingerprint density at radius 2 is 1.57 bits per heavy atom. The predicted molar refractivity (Wildman–Crippen MR) is 94.2 cm³/mol. The van der Waals surface area contributed by atoms with E-state index >= 15 is 0 Å². The van der Waals surface area contributed by atoms with Crippen LogP contribution in [0.25, 0.3) is 11.1 Å². The second-order valence-electron chi connectivity index (χ2n) is 5.30. The summed E-state index contributed by atoms with van der Waals surface area (Å²) in [5, 5.41) is 2.88. The first-order valence-electron chi connectivity index (χ1n) is 7.52. The lowest BCUT2D eigenvalue weighted by Gasteiger charge is -2.07. The molecular formula is C20H18N2O. The maximum Gasteiger partial charge on any atom is 0.255 e. The summed E-state index contributed by atoms with van der Waals surface area (Å²) in [5.74, 6) is -0.113. The van der Waals surface area contributed by atoms with E-state index in [0.717, 1.165) is 22.4 Å². The average molecular weight is 302 g/mol. The van der Waals surface area contributed by atoms with E-state index in [1.54, 1.807) is 0 Å². The fraction of sp³-hybridized carbons (Fsp3) is 0.0500. The largest absolute Gasteiger partial charge is 0.326 e. The second kappa shape index (κ2) is 6.90. The lowest BCUT2D eigenvalue weighted by atomic mass is 10.0. The highest BCUT2D eigenvalue weighted by Crippen LogP contribution is 2.21. The number of nitrogens with one attached hydrogen (secondary N) is 1. The van der Waals surface area contributed by atoms with Gasteiger partial charge in [-0.2, -0.15) is 0 Å². The third-order valence-electron chi connectivity index (χ3n) is 3.67. The number of hydrogen-bond donors (Lipinski definition) is 2. The van der Waals surface area contributed by atoms with Gasteiger partial charge in [-0.3, -0.25) is 4.79 Å². The van der Waals surface area contributed by atoms with Gasteiger partial charge >= 0.3 is 0 Å². The molecule has 23 heavy (non-hydrogen) atoms. The minimum Gasteiger partial charge on any atom is -0.326 e. The van der Waals surface area contributed by atoms with Crippen molar-refractivity contribution in [2.45, 2.75) is 6.54 Å². The van der Waals surface area contributed by atoms with Crippen LogP contribution in [-0.4, -0.2) is 5.91 Å². The fourth-order valence-electron chi connectivity index (χ4n) is 2.42. The van der Waals surface area contributed by atoms with Gasteiger partial charge in [0.2, 0.25) is 0 Å². The van der Waals surface area contributed by atoms with Crippen molar-refractivity contribution < 1.29 is 4.79 Å². The molecular weight excluding hydrogens is 284 g/mol. The Labute approximate surface area is 135 Å². The summed E-state index contributed by atoms with van der Waals surface area (Å²) in [6.07, 6.45) is 0. The number of rotatable bonds is 4. The van der Waals surface area contributed by atoms with E-state index in [-0.39, 0.29) is 5.91 Å². The third-order valence-corrected chi connectivity index (χ3v) is 3.67. The van der Waals surface area contributed by atoms with Crippen molar-refractivity contribution >= 4 is 11.6 Å². The van der Waals surface area contributed by atoms with Gasteiger partial charge in [-0.05, 0) is 47.0 Å². The molecule has 3 rings (SSSR count). The van der Waals surface area contributed by atoms with Crippen LogP contribution in [-0.2, 0) is 6.54 Å². The van der Waals surface area contributed by atoms with Gasteiger partial charge in [0.1, 0.15) is 0 Å². The Balaban J connectivity index is 1.77. The normalized spacial score (nSPS) is 10.3.